The van der Waals surface area contributed by atoms with Crippen LogP contribution in [-0.2, 0) is 5.54 Å². The van der Waals surface area contributed by atoms with E-state index >= 15 is 0 Å². The largest absolute Gasteiger partial charge is 0.330 e. The van der Waals surface area contributed by atoms with Gasteiger partial charge in [0.05, 0.1) is 17.6 Å². The fourth-order valence-electron chi connectivity index (χ4n) is 4.74. The molecule has 7 heteroatoms. The van der Waals surface area contributed by atoms with E-state index in [4.69, 9.17) is 5.26 Å². The van der Waals surface area contributed by atoms with Gasteiger partial charge in [0.15, 0.2) is 11.6 Å². The van der Waals surface area contributed by atoms with Gasteiger partial charge in [-0.2, -0.15) is 5.26 Å². The number of urea groups is 1. The number of aromatic nitrogens is 1. The van der Waals surface area contributed by atoms with Crippen molar-refractivity contribution < 1.29 is 9.18 Å². The maximum absolute atomic E-state index is 14.4. The molecule has 0 atom stereocenters. The summed E-state index contributed by atoms with van der Waals surface area (Å²) in [6, 6.07) is 13.1. The van der Waals surface area contributed by atoms with Gasteiger partial charge in [-0.15, -0.1) is 0 Å². The molecule has 1 saturated carbocycles. The summed E-state index contributed by atoms with van der Waals surface area (Å²) in [6.45, 7) is 0.375. The highest BCUT2D eigenvalue weighted by Crippen LogP contribution is 2.46. The van der Waals surface area contributed by atoms with Crippen molar-refractivity contribution in [2.75, 3.05) is 25.5 Å². The standard InChI is InChI=1S/C22H24FN5O/c1-27(2)22(17-6-4-3-5-7-17)10-8-21(9-11-22)15-28(20(29)26-21)19-18(23)12-16(13-24)14-25-19/h3-7,12,14H,8-11,15H2,1-2H3,(H,26,29)/t21-,22-. The molecule has 2 amide bonds. The van der Waals surface area contributed by atoms with Gasteiger partial charge in [0.1, 0.15) is 6.07 Å². The number of nitrogens with zero attached hydrogens (tertiary/aromatic N) is 4. The normalized spacial score (nSPS) is 26.6. The van der Waals surface area contributed by atoms with Crippen molar-refractivity contribution in [1.29, 1.82) is 5.26 Å². The number of carbonyl (C=O) groups is 1. The van der Waals surface area contributed by atoms with Crippen molar-refractivity contribution in [2.24, 2.45) is 0 Å². The van der Waals surface area contributed by atoms with E-state index in [0.29, 0.717) is 6.54 Å². The molecular formula is C22H24FN5O. The Bertz CT molecular complexity index is 961. The second-order valence-electron chi connectivity index (χ2n) is 8.23. The Morgan fingerprint density at radius 1 is 1.21 bits per heavy atom. The summed E-state index contributed by atoms with van der Waals surface area (Å²) < 4.78 is 14.4. The zero-order valence-corrected chi connectivity index (χ0v) is 16.7. The second-order valence-corrected chi connectivity index (χ2v) is 8.23. The molecule has 6 nitrogen and oxygen atoms in total. The summed E-state index contributed by atoms with van der Waals surface area (Å²) in [5.74, 6) is -0.676. The molecule has 1 aromatic heterocycles. The van der Waals surface area contributed by atoms with Crippen LogP contribution in [0.5, 0.6) is 0 Å². The Kier molecular flexibility index (Phi) is 4.75. The highest BCUT2D eigenvalue weighted by molar-refractivity contribution is 5.94. The molecule has 2 fully saturated rings. The van der Waals surface area contributed by atoms with Gasteiger partial charge >= 0.3 is 6.03 Å². The van der Waals surface area contributed by atoms with Crippen LogP contribution in [0.3, 0.4) is 0 Å². The van der Waals surface area contributed by atoms with E-state index in [-0.39, 0.29) is 23.0 Å². The molecule has 1 saturated heterocycles. The minimum absolute atomic E-state index is 0.0223. The molecule has 1 aliphatic heterocycles. The first-order chi connectivity index (χ1) is 13.9. The van der Waals surface area contributed by atoms with Crippen molar-refractivity contribution in [3.8, 4) is 6.07 Å². The van der Waals surface area contributed by atoms with E-state index in [1.807, 2.05) is 12.1 Å². The predicted octanol–water partition coefficient (Wildman–Crippen LogP) is 3.39. The van der Waals surface area contributed by atoms with Crippen LogP contribution >= 0.6 is 0 Å². The van der Waals surface area contributed by atoms with Crippen LogP contribution in [0.4, 0.5) is 15.0 Å². The highest BCUT2D eigenvalue weighted by Gasteiger charge is 2.50. The molecule has 1 spiro atoms. The van der Waals surface area contributed by atoms with Gasteiger partial charge < -0.3 is 5.32 Å². The zero-order chi connectivity index (χ0) is 20.6. The third kappa shape index (κ3) is 3.23. The van der Waals surface area contributed by atoms with E-state index < -0.39 is 11.4 Å². The topological polar surface area (TPSA) is 72.3 Å². The van der Waals surface area contributed by atoms with Crippen molar-refractivity contribution in [3.05, 3.63) is 59.5 Å². The lowest BCUT2D eigenvalue weighted by Gasteiger charge is -2.48. The molecule has 0 bridgehead atoms. The number of nitriles is 1. The number of amides is 2. The van der Waals surface area contributed by atoms with E-state index in [2.05, 4.69) is 53.6 Å². The number of benzene rings is 1. The van der Waals surface area contributed by atoms with Crippen LogP contribution in [-0.4, -0.2) is 42.1 Å². The van der Waals surface area contributed by atoms with Crippen molar-refractivity contribution >= 4 is 11.8 Å². The van der Waals surface area contributed by atoms with E-state index in [1.165, 1.54) is 16.7 Å². The average Bonchev–Trinajstić information content (AvgIpc) is 3.04. The molecule has 4 rings (SSSR count). The molecule has 0 radical (unpaired) electrons. The number of halogens is 1. The summed E-state index contributed by atoms with van der Waals surface area (Å²) in [6.07, 6.45) is 4.66. The fraction of sp³-hybridized carbons (Fsp3) is 0.409. The van der Waals surface area contributed by atoms with E-state index in [1.54, 1.807) is 0 Å². The summed E-state index contributed by atoms with van der Waals surface area (Å²) in [7, 11) is 4.20. The molecular weight excluding hydrogens is 369 g/mol. The quantitative estimate of drug-likeness (QED) is 0.868. The Labute approximate surface area is 170 Å². The van der Waals surface area contributed by atoms with Gasteiger partial charge in [-0.1, -0.05) is 30.3 Å². The molecule has 2 aromatic rings. The van der Waals surface area contributed by atoms with Crippen LogP contribution in [0.15, 0.2) is 42.6 Å². The lowest BCUT2D eigenvalue weighted by molar-refractivity contribution is 0.0657. The number of hydrogen-bond acceptors (Lipinski definition) is 4. The summed E-state index contributed by atoms with van der Waals surface area (Å²) in [4.78, 5) is 20.3. The molecule has 1 aliphatic carbocycles. The van der Waals surface area contributed by atoms with Crippen LogP contribution in [0, 0.1) is 17.1 Å². The number of rotatable bonds is 3. The monoisotopic (exact) mass is 393 g/mol. The smallest absolute Gasteiger partial charge is 0.323 e. The van der Waals surface area contributed by atoms with Gasteiger partial charge in [-0.25, -0.2) is 14.2 Å². The molecule has 0 unspecified atom stereocenters. The number of nitrogens with one attached hydrogen (secondary N) is 1. The molecule has 2 aliphatic rings. The second kappa shape index (κ2) is 7.12. The lowest BCUT2D eigenvalue weighted by Crippen LogP contribution is -2.54. The Balaban J connectivity index is 1.56. The predicted molar refractivity (Wildman–Crippen MR) is 108 cm³/mol. The highest BCUT2D eigenvalue weighted by atomic mass is 19.1. The number of pyridine rings is 1. The number of hydrogen-bond donors (Lipinski definition) is 1. The average molecular weight is 393 g/mol. The van der Waals surface area contributed by atoms with Gasteiger partial charge in [0.2, 0.25) is 0 Å². The van der Waals surface area contributed by atoms with Crippen molar-refractivity contribution in [1.82, 2.24) is 15.2 Å². The van der Waals surface area contributed by atoms with Crippen LogP contribution in [0.2, 0.25) is 0 Å². The van der Waals surface area contributed by atoms with Gasteiger partial charge in [0.25, 0.3) is 0 Å². The Hall–Kier alpha value is -2.98. The van der Waals surface area contributed by atoms with Gasteiger partial charge in [0, 0.05) is 11.7 Å². The SMILES string of the molecule is CN(C)[C@]1(c2ccccc2)CC[C@@]2(CC1)CN(c1ncc(C#N)cc1F)C(=O)N2. The Morgan fingerprint density at radius 2 is 1.90 bits per heavy atom. The van der Waals surface area contributed by atoms with Gasteiger partial charge in [-0.3, -0.25) is 9.80 Å². The third-order valence-corrected chi connectivity index (χ3v) is 6.49. The van der Waals surface area contributed by atoms with Crippen LogP contribution in [0.1, 0.15) is 36.8 Å². The van der Waals surface area contributed by atoms with Crippen LogP contribution < -0.4 is 10.2 Å². The first kappa shape index (κ1) is 19.3. The minimum Gasteiger partial charge on any atom is -0.330 e. The summed E-state index contributed by atoms with van der Waals surface area (Å²) >= 11 is 0. The van der Waals surface area contributed by atoms with Crippen molar-refractivity contribution in [2.45, 2.75) is 36.8 Å². The first-order valence-corrected chi connectivity index (χ1v) is 9.77. The van der Waals surface area contributed by atoms with E-state index in [0.717, 1.165) is 31.7 Å². The summed E-state index contributed by atoms with van der Waals surface area (Å²) in [5, 5.41) is 12.0. The lowest BCUT2D eigenvalue weighted by atomic mass is 9.69. The number of carbonyl (C=O) groups excluding carboxylic acids is 1. The van der Waals surface area contributed by atoms with Crippen LogP contribution in [0.25, 0.3) is 0 Å². The van der Waals surface area contributed by atoms with Crippen molar-refractivity contribution in [3.63, 3.8) is 0 Å². The molecule has 150 valence electrons. The minimum atomic E-state index is -0.654. The fourth-order valence-corrected chi connectivity index (χ4v) is 4.74. The Morgan fingerprint density at radius 3 is 2.48 bits per heavy atom. The third-order valence-electron chi connectivity index (χ3n) is 6.49. The van der Waals surface area contributed by atoms with E-state index in [9.17, 15) is 9.18 Å². The first-order valence-electron chi connectivity index (χ1n) is 9.77. The molecule has 29 heavy (non-hydrogen) atoms. The maximum Gasteiger partial charge on any atom is 0.323 e. The summed E-state index contributed by atoms with van der Waals surface area (Å²) in [5.41, 5.74) is 0.938. The number of anilines is 1. The molecule has 1 aromatic carbocycles. The van der Waals surface area contributed by atoms with Gasteiger partial charge in [-0.05, 0) is 51.4 Å². The molecule has 2 heterocycles. The molecule has 1 N–H and O–H groups in total. The zero-order valence-electron chi connectivity index (χ0n) is 16.7. The maximum atomic E-state index is 14.4.